The maximum atomic E-state index is 11.6. The molecule has 4 nitrogen and oxygen atoms in total. The lowest BCUT2D eigenvalue weighted by Gasteiger charge is -2.37. The van der Waals surface area contributed by atoms with Gasteiger partial charge < -0.3 is 14.8 Å². The molecule has 0 aromatic heterocycles. The molecule has 1 aliphatic rings. The second-order valence-corrected chi connectivity index (χ2v) is 5.61. The summed E-state index contributed by atoms with van der Waals surface area (Å²) in [6.45, 7) is 4.70. The number of halogens is 2. The van der Waals surface area contributed by atoms with Crippen molar-refractivity contribution >= 4 is 37.8 Å². The van der Waals surface area contributed by atoms with Crippen molar-refractivity contribution in [2.24, 2.45) is 0 Å². The summed E-state index contributed by atoms with van der Waals surface area (Å²) in [5.74, 6) is -0.0591. The number of alkyl halides is 2. The molecular weight excluding hydrogens is 330 g/mol. The normalized spacial score (nSPS) is 33.5. The van der Waals surface area contributed by atoms with E-state index in [1.807, 2.05) is 13.8 Å². The van der Waals surface area contributed by atoms with Gasteiger partial charge in [-0.25, -0.2) is 0 Å². The molecule has 0 saturated carbocycles. The minimum atomic E-state index is -0.433. The third-order valence-corrected chi connectivity index (χ3v) is 4.37. The van der Waals surface area contributed by atoms with E-state index in [2.05, 4.69) is 37.2 Å². The Morgan fingerprint density at radius 3 is 2.60 bits per heavy atom. The Hall–Kier alpha value is 0.350. The average Bonchev–Trinajstić information content (AvgIpc) is 2.21. The van der Waals surface area contributed by atoms with E-state index >= 15 is 0 Å². The molecule has 1 rings (SSSR count). The lowest BCUT2D eigenvalue weighted by atomic mass is 10.0. The van der Waals surface area contributed by atoms with Crippen molar-refractivity contribution in [2.75, 3.05) is 18.5 Å². The van der Waals surface area contributed by atoms with Crippen LogP contribution in [0.25, 0.3) is 0 Å². The van der Waals surface area contributed by atoms with Crippen LogP contribution in [0.4, 0.5) is 0 Å². The summed E-state index contributed by atoms with van der Waals surface area (Å²) in [4.78, 5) is 11.4. The number of ether oxygens (including phenoxy) is 2. The Morgan fingerprint density at radius 1 is 1.60 bits per heavy atom. The molecule has 0 radical (unpaired) electrons. The summed E-state index contributed by atoms with van der Waals surface area (Å²) >= 11 is 6.50. The van der Waals surface area contributed by atoms with Gasteiger partial charge in [0.1, 0.15) is 4.83 Å². The summed E-state index contributed by atoms with van der Waals surface area (Å²) in [5, 5.41) is 3.48. The SMILES string of the molecule is CC1OCC(C)(NC(=O)C(Br)CBr)CO1. The molecule has 0 spiro atoms. The molecule has 0 aliphatic carbocycles. The van der Waals surface area contributed by atoms with Crippen LogP contribution in [0.5, 0.6) is 0 Å². The molecule has 1 aliphatic heterocycles. The first kappa shape index (κ1) is 13.4. The predicted molar refractivity (Wildman–Crippen MR) is 64.4 cm³/mol. The van der Waals surface area contributed by atoms with E-state index in [0.29, 0.717) is 18.5 Å². The fourth-order valence-corrected chi connectivity index (χ4v) is 1.62. The van der Waals surface area contributed by atoms with Gasteiger partial charge in [-0.3, -0.25) is 4.79 Å². The largest absolute Gasteiger partial charge is 0.350 e. The quantitative estimate of drug-likeness (QED) is 0.787. The van der Waals surface area contributed by atoms with Crippen LogP contribution < -0.4 is 5.32 Å². The number of rotatable bonds is 3. The zero-order chi connectivity index (χ0) is 11.5. The Labute approximate surface area is 106 Å². The molecule has 6 heteroatoms. The highest BCUT2D eigenvalue weighted by atomic mass is 79.9. The molecule has 0 aromatic carbocycles. The van der Waals surface area contributed by atoms with Gasteiger partial charge in [0.25, 0.3) is 0 Å². The lowest BCUT2D eigenvalue weighted by Crippen LogP contribution is -2.58. The van der Waals surface area contributed by atoms with Crippen LogP contribution in [0, 0.1) is 0 Å². The standard InChI is InChI=1S/C9H15Br2NO3/c1-6-14-4-9(2,5-15-6)12-8(13)7(11)3-10/h6-7H,3-5H2,1-2H3,(H,12,13). The van der Waals surface area contributed by atoms with Gasteiger partial charge in [0.2, 0.25) is 5.91 Å². The monoisotopic (exact) mass is 343 g/mol. The minimum Gasteiger partial charge on any atom is -0.350 e. The topological polar surface area (TPSA) is 47.6 Å². The molecule has 1 heterocycles. The van der Waals surface area contributed by atoms with E-state index in [4.69, 9.17) is 9.47 Å². The minimum absolute atomic E-state index is 0.0591. The summed E-state index contributed by atoms with van der Waals surface area (Å²) in [6, 6.07) is 0. The fraction of sp³-hybridized carbons (Fsp3) is 0.889. The molecule has 88 valence electrons. The molecule has 1 saturated heterocycles. The van der Waals surface area contributed by atoms with Crippen molar-refractivity contribution < 1.29 is 14.3 Å². The average molecular weight is 345 g/mol. The molecule has 0 aromatic rings. The summed E-state index contributed by atoms with van der Waals surface area (Å²) in [7, 11) is 0. The number of carbonyl (C=O) groups excluding carboxylic acids is 1. The van der Waals surface area contributed by atoms with Gasteiger partial charge in [0.15, 0.2) is 6.29 Å². The van der Waals surface area contributed by atoms with Crippen molar-refractivity contribution in [3.63, 3.8) is 0 Å². The molecule has 1 amide bonds. The summed E-state index contributed by atoms with van der Waals surface area (Å²) in [5.41, 5.74) is -0.433. The first-order chi connectivity index (χ1) is 6.97. The second kappa shape index (κ2) is 5.61. The van der Waals surface area contributed by atoms with Crippen LogP contribution in [-0.2, 0) is 14.3 Å². The van der Waals surface area contributed by atoms with Crippen molar-refractivity contribution in [2.45, 2.75) is 30.5 Å². The van der Waals surface area contributed by atoms with Crippen LogP contribution in [0.15, 0.2) is 0 Å². The van der Waals surface area contributed by atoms with E-state index in [0.717, 1.165) is 0 Å². The number of carbonyl (C=O) groups is 1. The van der Waals surface area contributed by atoms with Crippen LogP contribution in [0.2, 0.25) is 0 Å². The first-order valence-corrected chi connectivity index (χ1v) is 6.76. The van der Waals surface area contributed by atoms with Gasteiger partial charge in [-0.05, 0) is 13.8 Å². The van der Waals surface area contributed by atoms with E-state index in [1.54, 1.807) is 0 Å². The van der Waals surface area contributed by atoms with Gasteiger partial charge in [-0.2, -0.15) is 0 Å². The number of amides is 1. The highest BCUT2D eigenvalue weighted by Gasteiger charge is 2.33. The fourth-order valence-electron chi connectivity index (χ4n) is 1.21. The van der Waals surface area contributed by atoms with E-state index in [9.17, 15) is 4.79 Å². The third-order valence-electron chi connectivity index (χ3n) is 2.12. The van der Waals surface area contributed by atoms with Crippen LogP contribution in [0.3, 0.4) is 0 Å². The smallest absolute Gasteiger partial charge is 0.235 e. The first-order valence-electron chi connectivity index (χ1n) is 4.72. The molecule has 1 unspecified atom stereocenters. The summed E-state index contributed by atoms with van der Waals surface area (Å²) < 4.78 is 10.7. The maximum Gasteiger partial charge on any atom is 0.235 e. The second-order valence-electron chi connectivity index (χ2n) is 3.86. The zero-order valence-electron chi connectivity index (χ0n) is 8.76. The Kier molecular flexibility index (Phi) is 5.02. The van der Waals surface area contributed by atoms with Gasteiger partial charge in [-0.1, -0.05) is 31.9 Å². The van der Waals surface area contributed by atoms with Crippen molar-refractivity contribution in [3.05, 3.63) is 0 Å². The zero-order valence-corrected chi connectivity index (χ0v) is 11.9. The molecule has 0 bridgehead atoms. The molecule has 15 heavy (non-hydrogen) atoms. The molecule has 1 N–H and O–H groups in total. The van der Waals surface area contributed by atoms with Crippen molar-refractivity contribution in [3.8, 4) is 0 Å². The van der Waals surface area contributed by atoms with Crippen molar-refractivity contribution in [1.82, 2.24) is 5.32 Å². The highest BCUT2D eigenvalue weighted by molar-refractivity contribution is 9.12. The van der Waals surface area contributed by atoms with Crippen LogP contribution in [-0.4, -0.2) is 41.1 Å². The van der Waals surface area contributed by atoms with E-state index in [-0.39, 0.29) is 17.0 Å². The Balaban J connectivity index is 2.46. The molecular formula is C9H15Br2NO3. The van der Waals surface area contributed by atoms with Crippen LogP contribution in [0.1, 0.15) is 13.8 Å². The van der Waals surface area contributed by atoms with E-state index < -0.39 is 5.54 Å². The Morgan fingerprint density at radius 2 is 2.13 bits per heavy atom. The Bertz CT molecular complexity index is 229. The number of nitrogens with one attached hydrogen (secondary N) is 1. The van der Waals surface area contributed by atoms with E-state index in [1.165, 1.54) is 0 Å². The highest BCUT2D eigenvalue weighted by Crippen LogP contribution is 2.16. The number of hydrogen-bond acceptors (Lipinski definition) is 3. The van der Waals surface area contributed by atoms with Gasteiger partial charge in [-0.15, -0.1) is 0 Å². The molecule has 1 fully saturated rings. The molecule has 1 atom stereocenters. The summed E-state index contributed by atoms with van der Waals surface area (Å²) in [6.07, 6.45) is -0.189. The third kappa shape index (κ3) is 4.01. The van der Waals surface area contributed by atoms with Gasteiger partial charge in [0.05, 0.1) is 18.8 Å². The van der Waals surface area contributed by atoms with Crippen LogP contribution >= 0.6 is 31.9 Å². The van der Waals surface area contributed by atoms with Gasteiger partial charge in [0, 0.05) is 5.33 Å². The number of hydrogen-bond donors (Lipinski definition) is 1. The maximum absolute atomic E-state index is 11.6. The lowest BCUT2D eigenvalue weighted by molar-refractivity contribution is -0.200. The predicted octanol–water partition coefficient (Wildman–Crippen LogP) is 1.41. The van der Waals surface area contributed by atoms with Gasteiger partial charge >= 0.3 is 0 Å². The van der Waals surface area contributed by atoms with Crippen molar-refractivity contribution in [1.29, 1.82) is 0 Å².